The summed E-state index contributed by atoms with van der Waals surface area (Å²) < 4.78 is 80.7. The molecule has 27 heavy (non-hydrogen) atoms. The van der Waals surface area contributed by atoms with Gasteiger partial charge in [-0.3, -0.25) is 4.90 Å². The van der Waals surface area contributed by atoms with Gasteiger partial charge in [0.25, 0.3) is 0 Å². The van der Waals surface area contributed by atoms with E-state index in [9.17, 15) is 26.0 Å². The molecule has 0 radical (unpaired) electrons. The summed E-state index contributed by atoms with van der Waals surface area (Å²) in [6.07, 6.45) is 0.859. The van der Waals surface area contributed by atoms with Crippen LogP contribution in [0.25, 0.3) is 0 Å². The maximum absolute atomic E-state index is 13.7. The number of sulfonamides is 1. The van der Waals surface area contributed by atoms with Gasteiger partial charge < -0.3 is 0 Å². The van der Waals surface area contributed by atoms with Crippen LogP contribution in [-0.2, 0) is 16.6 Å². The van der Waals surface area contributed by atoms with Gasteiger partial charge >= 0.3 is 0 Å². The first-order chi connectivity index (χ1) is 12.8. The Bertz CT molecular complexity index is 909. The maximum Gasteiger partial charge on any atom is 0.246 e. The Kier molecular flexibility index (Phi) is 5.83. The SMILES string of the molecule is O=S(=O)(NC1CCN(Cc2ccc(F)c(F)c2)CC1)c1c(F)cccc1F. The van der Waals surface area contributed by atoms with Gasteiger partial charge in [-0.05, 0) is 42.7 Å². The van der Waals surface area contributed by atoms with Crippen LogP contribution >= 0.6 is 0 Å². The van der Waals surface area contributed by atoms with Crippen molar-refractivity contribution in [2.75, 3.05) is 13.1 Å². The van der Waals surface area contributed by atoms with E-state index in [0.29, 0.717) is 38.0 Å². The monoisotopic (exact) mass is 402 g/mol. The fourth-order valence-electron chi connectivity index (χ4n) is 3.12. The van der Waals surface area contributed by atoms with Gasteiger partial charge in [0.2, 0.25) is 10.0 Å². The number of likely N-dealkylation sites (tertiary alicyclic amines) is 1. The zero-order valence-electron chi connectivity index (χ0n) is 14.3. The van der Waals surface area contributed by atoms with Gasteiger partial charge in [-0.1, -0.05) is 12.1 Å². The van der Waals surface area contributed by atoms with Crippen LogP contribution in [0.4, 0.5) is 17.6 Å². The Morgan fingerprint density at radius 2 is 1.56 bits per heavy atom. The smallest absolute Gasteiger partial charge is 0.246 e. The van der Waals surface area contributed by atoms with Crippen molar-refractivity contribution in [2.45, 2.75) is 30.3 Å². The lowest BCUT2D eigenvalue weighted by atomic mass is 10.1. The van der Waals surface area contributed by atoms with Crippen LogP contribution in [0, 0.1) is 23.3 Å². The highest BCUT2D eigenvalue weighted by Gasteiger charge is 2.29. The van der Waals surface area contributed by atoms with E-state index in [0.717, 1.165) is 30.3 Å². The second-order valence-corrected chi connectivity index (χ2v) is 8.12. The Labute approximate surface area is 154 Å². The molecule has 0 bridgehead atoms. The molecule has 0 amide bonds. The van der Waals surface area contributed by atoms with E-state index in [1.54, 1.807) is 0 Å². The Hall–Kier alpha value is -1.97. The summed E-state index contributed by atoms with van der Waals surface area (Å²) in [6, 6.07) is 6.11. The molecule has 1 saturated heterocycles. The quantitative estimate of drug-likeness (QED) is 0.782. The molecule has 2 aromatic carbocycles. The van der Waals surface area contributed by atoms with E-state index < -0.39 is 44.2 Å². The minimum absolute atomic E-state index is 0.401. The molecule has 1 aliphatic heterocycles. The number of nitrogens with zero attached hydrogens (tertiary/aromatic N) is 1. The predicted octanol–water partition coefficient (Wildman–Crippen LogP) is 3.19. The van der Waals surface area contributed by atoms with Gasteiger partial charge in [-0.15, -0.1) is 0 Å². The minimum Gasteiger partial charge on any atom is -0.299 e. The second-order valence-electron chi connectivity index (χ2n) is 6.47. The van der Waals surface area contributed by atoms with Crippen molar-refractivity contribution < 1.29 is 26.0 Å². The van der Waals surface area contributed by atoms with E-state index in [2.05, 4.69) is 4.72 Å². The van der Waals surface area contributed by atoms with Crippen LogP contribution in [0.5, 0.6) is 0 Å². The van der Waals surface area contributed by atoms with Crippen molar-refractivity contribution in [3.05, 3.63) is 65.2 Å². The number of piperidine rings is 1. The van der Waals surface area contributed by atoms with Gasteiger partial charge in [0.05, 0.1) is 0 Å². The van der Waals surface area contributed by atoms with E-state index >= 15 is 0 Å². The molecule has 0 atom stereocenters. The van der Waals surface area contributed by atoms with Crippen LogP contribution in [-0.4, -0.2) is 32.4 Å². The van der Waals surface area contributed by atoms with Crippen molar-refractivity contribution in [1.82, 2.24) is 9.62 Å². The molecule has 9 heteroatoms. The zero-order chi connectivity index (χ0) is 19.6. The summed E-state index contributed by atoms with van der Waals surface area (Å²) in [5.74, 6) is -4.11. The number of rotatable bonds is 5. The average Bonchev–Trinajstić information content (AvgIpc) is 2.59. The number of hydrogen-bond acceptors (Lipinski definition) is 3. The predicted molar refractivity (Wildman–Crippen MR) is 91.3 cm³/mol. The molecule has 4 nitrogen and oxygen atoms in total. The summed E-state index contributed by atoms with van der Waals surface area (Å²) in [4.78, 5) is 0.996. The zero-order valence-corrected chi connectivity index (χ0v) is 15.1. The molecule has 0 saturated carbocycles. The molecule has 1 heterocycles. The summed E-state index contributed by atoms with van der Waals surface area (Å²) in [7, 11) is -4.32. The van der Waals surface area contributed by atoms with Crippen molar-refractivity contribution >= 4 is 10.0 Å². The Balaban J connectivity index is 1.60. The number of nitrogens with one attached hydrogen (secondary N) is 1. The number of benzene rings is 2. The summed E-state index contributed by atoms with van der Waals surface area (Å²) in [5, 5.41) is 0. The third-order valence-corrected chi connectivity index (χ3v) is 6.06. The first-order valence-electron chi connectivity index (χ1n) is 8.39. The van der Waals surface area contributed by atoms with Gasteiger partial charge in [-0.25, -0.2) is 30.7 Å². The summed E-state index contributed by atoms with van der Waals surface area (Å²) in [6.45, 7) is 1.41. The van der Waals surface area contributed by atoms with Crippen LogP contribution < -0.4 is 4.72 Å². The maximum atomic E-state index is 13.7. The van der Waals surface area contributed by atoms with Crippen LogP contribution in [0.15, 0.2) is 41.3 Å². The van der Waals surface area contributed by atoms with Gasteiger partial charge in [0.1, 0.15) is 11.6 Å². The van der Waals surface area contributed by atoms with Crippen LogP contribution in [0.1, 0.15) is 18.4 Å². The highest BCUT2D eigenvalue weighted by molar-refractivity contribution is 7.89. The van der Waals surface area contributed by atoms with E-state index in [1.165, 1.54) is 6.07 Å². The van der Waals surface area contributed by atoms with E-state index in [-0.39, 0.29) is 0 Å². The van der Waals surface area contributed by atoms with Crippen molar-refractivity contribution in [3.8, 4) is 0 Å². The fraction of sp³-hybridized carbons (Fsp3) is 0.333. The molecule has 2 aromatic rings. The minimum atomic E-state index is -4.32. The van der Waals surface area contributed by atoms with E-state index in [4.69, 9.17) is 0 Å². The van der Waals surface area contributed by atoms with Gasteiger partial charge in [0, 0.05) is 25.7 Å². The van der Waals surface area contributed by atoms with Gasteiger partial charge in [-0.2, -0.15) is 0 Å². The number of hydrogen-bond donors (Lipinski definition) is 1. The molecule has 1 aliphatic rings. The Morgan fingerprint density at radius 3 is 2.15 bits per heavy atom. The normalized spacial score (nSPS) is 16.6. The molecule has 1 fully saturated rings. The van der Waals surface area contributed by atoms with Crippen LogP contribution in [0.2, 0.25) is 0 Å². The topological polar surface area (TPSA) is 49.4 Å². The third kappa shape index (κ3) is 4.66. The third-order valence-electron chi connectivity index (χ3n) is 4.49. The summed E-state index contributed by atoms with van der Waals surface area (Å²) >= 11 is 0. The largest absolute Gasteiger partial charge is 0.299 e. The lowest BCUT2D eigenvalue weighted by molar-refractivity contribution is 0.199. The molecule has 0 aromatic heterocycles. The lowest BCUT2D eigenvalue weighted by Crippen LogP contribution is -2.44. The molecule has 0 spiro atoms. The van der Waals surface area contributed by atoms with Crippen molar-refractivity contribution in [1.29, 1.82) is 0 Å². The Morgan fingerprint density at radius 1 is 0.926 bits per heavy atom. The van der Waals surface area contributed by atoms with Crippen molar-refractivity contribution in [3.63, 3.8) is 0 Å². The molecule has 0 unspecified atom stereocenters. The second kappa shape index (κ2) is 7.95. The average molecular weight is 402 g/mol. The molecule has 0 aliphatic carbocycles. The molecular weight excluding hydrogens is 384 g/mol. The first-order valence-corrected chi connectivity index (χ1v) is 9.87. The standard InChI is InChI=1S/C18H18F4N2O2S/c19-14-5-4-12(10-17(14)22)11-24-8-6-13(7-9-24)23-27(25,26)18-15(20)2-1-3-16(18)21/h1-5,10,13,23H,6-9,11H2. The van der Waals surface area contributed by atoms with Crippen molar-refractivity contribution in [2.24, 2.45) is 0 Å². The molecule has 3 rings (SSSR count). The lowest BCUT2D eigenvalue weighted by Gasteiger charge is -2.32. The fourth-order valence-corrected chi connectivity index (χ4v) is 4.56. The number of halogens is 4. The first kappa shape index (κ1) is 19.8. The van der Waals surface area contributed by atoms with Crippen LogP contribution in [0.3, 0.4) is 0 Å². The summed E-state index contributed by atoms with van der Waals surface area (Å²) in [5.41, 5.74) is 0.612. The van der Waals surface area contributed by atoms with E-state index in [1.807, 2.05) is 4.90 Å². The highest BCUT2D eigenvalue weighted by atomic mass is 32.2. The molecule has 146 valence electrons. The van der Waals surface area contributed by atoms with Gasteiger partial charge in [0.15, 0.2) is 16.5 Å². The molecule has 1 N–H and O–H groups in total. The molecular formula is C18H18F4N2O2S. The highest BCUT2D eigenvalue weighted by Crippen LogP contribution is 2.21.